The summed E-state index contributed by atoms with van der Waals surface area (Å²) in [6.45, 7) is 0. The molecule has 0 atom stereocenters. The number of aromatic nitrogens is 1. The molecule has 4 heteroatoms. The molecule has 3 nitrogen and oxygen atoms in total. The van der Waals surface area contributed by atoms with Crippen LogP contribution in [0, 0.1) is 23.2 Å². The third kappa shape index (κ3) is 2.65. The first-order valence-corrected chi connectivity index (χ1v) is 4.49. The van der Waals surface area contributed by atoms with Crippen molar-refractivity contribution in [3.05, 3.63) is 33.7 Å². The molecule has 1 N–H and O–H groups in total. The van der Waals surface area contributed by atoms with E-state index in [4.69, 9.17) is 16.9 Å². The molecule has 0 fully saturated rings. The van der Waals surface area contributed by atoms with Crippen LogP contribution in [0.3, 0.4) is 0 Å². The van der Waals surface area contributed by atoms with E-state index in [2.05, 4.69) is 16.8 Å². The van der Waals surface area contributed by atoms with Crippen molar-refractivity contribution in [3.63, 3.8) is 0 Å². The molecule has 0 aromatic carbocycles. The van der Waals surface area contributed by atoms with Crippen LogP contribution in [0.4, 0.5) is 0 Å². The van der Waals surface area contributed by atoms with Crippen molar-refractivity contribution >= 4 is 11.6 Å². The average Bonchev–Trinajstić information content (AvgIpc) is 2.21. The van der Waals surface area contributed by atoms with Crippen LogP contribution >= 0.6 is 11.6 Å². The van der Waals surface area contributed by atoms with E-state index in [-0.39, 0.29) is 5.56 Å². The summed E-state index contributed by atoms with van der Waals surface area (Å²) in [5.74, 6) is 6.07. The van der Waals surface area contributed by atoms with Crippen molar-refractivity contribution in [3.8, 4) is 17.9 Å². The molecule has 0 aliphatic rings. The van der Waals surface area contributed by atoms with Gasteiger partial charge in [0.1, 0.15) is 11.6 Å². The fraction of sp³-hybridized carbons (Fsp3) is 0.200. The number of pyridine rings is 1. The van der Waals surface area contributed by atoms with E-state index >= 15 is 0 Å². The van der Waals surface area contributed by atoms with Crippen LogP contribution in [0.5, 0.6) is 0 Å². The van der Waals surface area contributed by atoms with Crippen molar-refractivity contribution in [2.75, 3.05) is 5.88 Å². The lowest BCUT2D eigenvalue weighted by Crippen LogP contribution is -2.09. The lowest BCUT2D eigenvalue weighted by Gasteiger charge is -1.90. The Morgan fingerprint density at radius 3 is 3.00 bits per heavy atom. The highest BCUT2D eigenvalue weighted by Gasteiger charge is 1.97. The van der Waals surface area contributed by atoms with Gasteiger partial charge in [-0.2, -0.15) is 5.26 Å². The van der Waals surface area contributed by atoms with E-state index in [0.717, 1.165) is 0 Å². The first-order valence-electron chi connectivity index (χ1n) is 3.95. The van der Waals surface area contributed by atoms with Crippen molar-refractivity contribution in [1.82, 2.24) is 4.98 Å². The van der Waals surface area contributed by atoms with E-state index in [0.29, 0.717) is 17.9 Å². The van der Waals surface area contributed by atoms with Crippen LogP contribution in [-0.4, -0.2) is 10.9 Å². The van der Waals surface area contributed by atoms with Crippen LogP contribution in [-0.2, 0) is 0 Å². The quantitative estimate of drug-likeness (QED) is 0.555. The second-order valence-electron chi connectivity index (χ2n) is 2.48. The average molecular weight is 207 g/mol. The molecule has 0 aliphatic heterocycles. The maximum atomic E-state index is 11.0. The zero-order valence-electron chi connectivity index (χ0n) is 7.30. The molecule has 0 radical (unpaired) electrons. The lowest BCUT2D eigenvalue weighted by molar-refractivity contribution is 1.20. The van der Waals surface area contributed by atoms with Gasteiger partial charge in [-0.3, -0.25) is 4.79 Å². The van der Waals surface area contributed by atoms with Gasteiger partial charge in [0.2, 0.25) is 0 Å². The Balaban J connectivity index is 2.99. The minimum absolute atomic E-state index is 0.0719. The Hall–Kier alpha value is -1.71. The molecule has 0 amide bonds. The van der Waals surface area contributed by atoms with Gasteiger partial charge in [-0.25, -0.2) is 0 Å². The molecule has 70 valence electrons. The van der Waals surface area contributed by atoms with Crippen LogP contribution in [0.1, 0.15) is 17.5 Å². The minimum atomic E-state index is -0.393. The minimum Gasteiger partial charge on any atom is -0.327 e. The molecular weight excluding hydrogens is 200 g/mol. The molecule has 0 saturated heterocycles. The van der Waals surface area contributed by atoms with Gasteiger partial charge in [0.25, 0.3) is 5.56 Å². The predicted molar refractivity (Wildman–Crippen MR) is 54.0 cm³/mol. The SMILES string of the molecule is N#Cc1cc(C#CCCCl)c[nH]c1=O. The van der Waals surface area contributed by atoms with Crippen molar-refractivity contribution in [2.24, 2.45) is 0 Å². The summed E-state index contributed by atoms with van der Waals surface area (Å²) in [5, 5.41) is 8.58. The van der Waals surface area contributed by atoms with Gasteiger partial charge in [0, 0.05) is 24.1 Å². The fourth-order valence-electron chi connectivity index (χ4n) is 0.851. The Bertz CT molecular complexity index is 473. The van der Waals surface area contributed by atoms with E-state index < -0.39 is 5.56 Å². The third-order valence-corrected chi connectivity index (χ3v) is 1.66. The summed E-state index contributed by atoms with van der Waals surface area (Å²) in [4.78, 5) is 13.4. The number of hydrogen-bond donors (Lipinski definition) is 1. The summed E-state index contributed by atoms with van der Waals surface area (Å²) in [6.07, 6.45) is 2.06. The van der Waals surface area contributed by atoms with Gasteiger partial charge in [-0.1, -0.05) is 11.8 Å². The van der Waals surface area contributed by atoms with Gasteiger partial charge in [0.15, 0.2) is 0 Å². The Labute approximate surface area is 86.3 Å². The van der Waals surface area contributed by atoms with Crippen molar-refractivity contribution in [1.29, 1.82) is 5.26 Å². The first kappa shape index (κ1) is 10.4. The van der Waals surface area contributed by atoms with E-state index in [1.807, 2.05) is 0 Å². The fourth-order valence-corrected chi connectivity index (χ4v) is 0.945. The monoisotopic (exact) mass is 206 g/mol. The Kier molecular flexibility index (Phi) is 3.79. The van der Waals surface area contributed by atoms with Crippen molar-refractivity contribution in [2.45, 2.75) is 6.42 Å². The van der Waals surface area contributed by atoms with E-state index in [9.17, 15) is 4.79 Å². The highest BCUT2D eigenvalue weighted by Crippen LogP contribution is 1.95. The summed E-state index contributed by atoms with van der Waals surface area (Å²) < 4.78 is 0. The summed E-state index contributed by atoms with van der Waals surface area (Å²) in [5.41, 5.74) is 0.296. The number of H-pyrrole nitrogens is 1. The maximum Gasteiger partial charge on any atom is 0.265 e. The predicted octanol–water partition coefficient (Wildman–Crippen LogP) is 1.23. The second-order valence-corrected chi connectivity index (χ2v) is 2.86. The maximum absolute atomic E-state index is 11.0. The van der Waals surface area contributed by atoms with Crippen LogP contribution in [0.15, 0.2) is 17.1 Å². The topological polar surface area (TPSA) is 56.6 Å². The van der Waals surface area contributed by atoms with E-state index in [1.165, 1.54) is 12.3 Å². The molecular formula is C10H7ClN2O. The number of rotatable bonds is 1. The number of alkyl halides is 1. The van der Waals surface area contributed by atoms with Gasteiger partial charge in [0.05, 0.1) is 0 Å². The van der Waals surface area contributed by atoms with Crippen LogP contribution in [0.2, 0.25) is 0 Å². The molecule has 1 aromatic heterocycles. The van der Waals surface area contributed by atoms with Crippen LogP contribution < -0.4 is 5.56 Å². The van der Waals surface area contributed by atoms with Crippen LogP contribution in [0.25, 0.3) is 0 Å². The summed E-state index contributed by atoms with van der Waals surface area (Å²) in [6, 6.07) is 3.25. The molecule has 0 spiro atoms. The third-order valence-electron chi connectivity index (χ3n) is 1.48. The van der Waals surface area contributed by atoms with E-state index in [1.54, 1.807) is 6.07 Å². The Morgan fingerprint density at radius 2 is 2.36 bits per heavy atom. The molecule has 1 aromatic rings. The number of nitrogens with zero attached hydrogens (tertiary/aromatic N) is 1. The zero-order valence-corrected chi connectivity index (χ0v) is 8.06. The van der Waals surface area contributed by atoms with Crippen molar-refractivity contribution < 1.29 is 0 Å². The highest BCUT2D eigenvalue weighted by atomic mass is 35.5. The second kappa shape index (κ2) is 5.11. The summed E-state index contributed by atoms with van der Waals surface area (Å²) >= 11 is 5.44. The number of nitrogens with one attached hydrogen (secondary N) is 1. The van der Waals surface area contributed by atoms with Gasteiger partial charge >= 0.3 is 0 Å². The first-order chi connectivity index (χ1) is 6.77. The molecule has 0 saturated carbocycles. The molecule has 0 bridgehead atoms. The lowest BCUT2D eigenvalue weighted by atomic mass is 10.2. The molecule has 14 heavy (non-hydrogen) atoms. The molecule has 1 rings (SSSR count). The smallest absolute Gasteiger partial charge is 0.265 e. The number of halogens is 1. The summed E-state index contributed by atoms with van der Waals surface area (Å²) in [7, 11) is 0. The molecule has 0 aliphatic carbocycles. The van der Waals surface area contributed by atoms with Gasteiger partial charge in [-0.05, 0) is 6.07 Å². The number of hydrogen-bond acceptors (Lipinski definition) is 2. The van der Waals surface area contributed by atoms with Gasteiger partial charge < -0.3 is 4.98 Å². The molecule has 0 unspecified atom stereocenters. The largest absolute Gasteiger partial charge is 0.327 e. The molecule has 1 heterocycles. The zero-order chi connectivity index (χ0) is 10.4. The Morgan fingerprint density at radius 1 is 1.57 bits per heavy atom. The number of aromatic amines is 1. The van der Waals surface area contributed by atoms with Gasteiger partial charge in [-0.15, -0.1) is 11.6 Å². The normalized spacial score (nSPS) is 8.57. The standard InChI is InChI=1S/C10H7ClN2O/c11-4-2-1-3-8-5-9(6-12)10(14)13-7-8/h5,7H,2,4H2,(H,13,14). The number of nitriles is 1. The highest BCUT2D eigenvalue weighted by molar-refractivity contribution is 6.18.